The van der Waals surface area contributed by atoms with Gasteiger partial charge in [-0.1, -0.05) is 24.1 Å². The molecule has 0 bridgehead atoms. The lowest BCUT2D eigenvalue weighted by molar-refractivity contribution is -0.0245. The Morgan fingerprint density at radius 3 is 2.82 bits per heavy atom. The van der Waals surface area contributed by atoms with Gasteiger partial charge in [-0.3, -0.25) is 0 Å². The Labute approximate surface area is 101 Å². The van der Waals surface area contributed by atoms with Crippen molar-refractivity contribution in [3.63, 3.8) is 0 Å². The highest BCUT2D eigenvalue weighted by atomic mass is 16.8. The molecule has 1 saturated carbocycles. The molecule has 1 aromatic rings. The van der Waals surface area contributed by atoms with Crippen LogP contribution in [0.25, 0.3) is 0 Å². The number of rotatable bonds is 2. The summed E-state index contributed by atoms with van der Waals surface area (Å²) in [5, 5.41) is 0. The molecule has 0 unspecified atom stereocenters. The summed E-state index contributed by atoms with van der Waals surface area (Å²) >= 11 is 0. The molecule has 0 amide bonds. The zero-order valence-electron chi connectivity index (χ0n) is 9.94. The van der Waals surface area contributed by atoms with E-state index in [4.69, 9.17) is 9.47 Å². The fourth-order valence-corrected chi connectivity index (χ4v) is 2.45. The second-order valence-electron chi connectivity index (χ2n) is 4.92. The van der Waals surface area contributed by atoms with Crippen LogP contribution >= 0.6 is 0 Å². The van der Waals surface area contributed by atoms with Gasteiger partial charge in [-0.25, -0.2) is 4.79 Å². The third kappa shape index (κ3) is 1.95. The molecule has 2 aliphatic rings. The van der Waals surface area contributed by atoms with Gasteiger partial charge in [0.2, 0.25) is 5.79 Å². The number of carbonyl (C=O) groups is 1. The van der Waals surface area contributed by atoms with E-state index in [-0.39, 0.29) is 12.1 Å². The van der Waals surface area contributed by atoms with Crippen LogP contribution in [-0.4, -0.2) is 17.9 Å². The summed E-state index contributed by atoms with van der Waals surface area (Å²) in [5.41, 5.74) is 1.74. The number of esters is 1. The van der Waals surface area contributed by atoms with Crippen molar-refractivity contribution in [3.05, 3.63) is 35.4 Å². The standard InChI is InChI=1S/C14H16O3/c1-10-5-7-11(8-6-10)13(15)17-14-9-3-2-4-12(14)16-14/h5-8,12H,2-4,9H2,1H3/t12-,14-/m1/s1. The minimum absolute atomic E-state index is 0.144. The van der Waals surface area contributed by atoms with E-state index < -0.39 is 5.79 Å². The molecule has 1 aliphatic heterocycles. The van der Waals surface area contributed by atoms with Gasteiger partial charge in [0.05, 0.1) is 5.56 Å². The van der Waals surface area contributed by atoms with Crippen molar-refractivity contribution >= 4 is 5.97 Å². The summed E-state index contributed by atoms with van der Waals surface area (Å²) in [7, 11) is 0. The first kappa shape index (κ1) is 10.8. The number of hydrogen-bond acceptors (Lipinski definition) is 3. The first-order chi connectivity index (χ1) is 8.20. The van der Waals surface area contributed by atoms with Crippen molar-refractivity contribution in [3.8, 4) is 0 Å². The van der Waals surface area contributed by atoms with E-state index in [0.29, 0.717) is 5.56 Å². The van der Waals surface area contributed by atoms with Crippen LogP contribution in [0.3, 0.4) is 0 Å². The molecular formula is C14H16O3. The number of epoxide rings is 1. The summed E-state index contributed by atoms with van der Waals surface area (Å²) in [6.07, 6.45) is 4.26. The first-order valence-electron chi connectivity index (χ1n) is 6.17. The molecule has 2 atom stereocenters. The van der Waals surface area contributed by atoms with Gasteiger partial charge in [0.15, 0.2) is 0 Å². The maximum atomic E-state index is 12.0. The van der Waals surface area contributed by atoms with E-state index in [1.165, 1.54) is 6.42 Å². The molecule has 3 nitrogen and oxygen atoms in total. The number of aryl methyl sites for hydroxylation is 1. The highest BCUT2D eigenvalue weighted by molar-refractivity contribution is 5.89. The Bertz CT molecular complexity index is 437. The van der Waals surface area contributed by atoms with Gasteiger partial charge in [-0.05, 0) is 31.9 Å². The van der Waals surface area contributed by atoms with Crippen molar-refractivity contribution < 1.29 is 14.3 Å². The van der Waals surface area contributed by atoms with Gasteiger partial charge in [-0.15, -0.1) is 0 Å². The highest BCUT2D eigenvalue weighted by Gasteiger charge is 2.61. The number of benzene rings is 1. The number of hydrogen-bond donors (Lipinski definition) is 0. The quantitative estimate of drug-likeness (QED) is 0.581. The van der Waals surface area contributed by atoms with Crippen LogP contribution in [0, 0.1) is 6.92 Å². The molecule has 3 heteroatoms. The maximum absolute atomic E-state index is 12.0. The predicted molar refractivity (Wildman–Crippen MR) is 62.7 cm³/mol. The largest absolute Gasteiger partial charge is 0.427 e. The topological polar surface area (TPSA) is 38.8 Å². The lowest BCUT2D eigenvalue weighted by Gasteiger charge is -2.17. The van der Waals surface area contributed by atoms with Gasteiger partial charge in [0.1, 0.15) is 6.10 Å². The zero-order valence-corrected chi connectivity index (χ0v) is 9.94. The minimum atomic E-state index is -0.583. The fraction of sp³-hybridized carbons (Fsp3) is 0.500. The SMILES string of the molecule is Cc1ccc(C(=O)O[C@]23CCCC[C@H]2O3)cc1. The van der Waals surface area contributed by atoms with Crippen molar-refractivity contribution in [2.45, 2.75) is 44.5 Å². The average Bonchev–Trinajstić information content (AvgIpc) is 3.03. The predicted octanol–water partition coefficient (Wildman–Crippen LogP) is 2.82. The molecule has 1 heterocycles. The summed E-state index contributed by atoms with van der Waals surface area (Å²) in [6, 6.07) is 7.43. The molecule has 0 spiro atoms. The van der Waals surface area contributed by atoms with Crippen LogP contribution < -0.4 is 0 Å². The molecule has 0 aromatic heterocycles. The third-order valence-corrected chi connectivity index (χ3v) is 3.57. The van der Waals surface area contributed by atoms with Gasteiger partial charge >= 0.3 is 5.97 Å². The number of ether oxygens (including phenoxy) is 2. The third-order valence-electron chi connectivity index (χ3n) is 3.57. The van der Waals surface area contributed by atoms with Crippen LogP contribution in [0.1, 0.15) is 41.6 Å². The van der Waals surface area contributed by atoms with Crippen LogP contribution in [0.5, 0.6) is 0 Å². The van der Waals surface area contributed by atoms with E-state index >= 15 is 0 Å². The maximum Gasteiger partial charge on any atom is 0.340 e. The van der Waals surface area contributed by atoms with Crippen molar-refractivity contribution in [1.82, 2.24) is 0 Å². The normalized spacial score (nSPS) is 30.5. The Morgan fingerprint density at radius 2 is 2.12 bits per heavy atom. The molecule has 0 N–H and O–H groups in total. The molecule has 2 fully saturated rings. The zero-order chi connectivity index (χ0) is 11.9. The molecular weight excluding hydrogens is 216 g/mol. The molecule has 17 heavy (non-hydrogen) atoms. The van der Waals surface area contributed by atoms with Crippen LogP contribution in [0.2, 0.25) is 0 Å². The van der Waals surface area contributed by atoms with Gasteiger partial charge < -0.3 is 9.47 Å². The molecule has 1 saturated heterocycles. The highest BCUT2D eigenvalue weighted by Crippen LogP contribution is 2.48. The Kier molecular flexibility index (Phi) is 2.44. The summed E-state index contributed by atoms with van der Waals surface area (Å²) in [4.78, 5) is 12.0. The van der Waals surface area contributed by atoms with E-state index in [1.807, 2.05) is 19.1 Å². The van der Waals surface area contributed by atoms with Crippen LogP contribution in [0.15, 0.2) is 24.3 Å². The average molecular weight is 232 g/mol. The number of carbonyl (C=O) groups excluding carboxylic acids is 1. The van der Waals surface area contributed by atoms with E-state index in [1.54, 1.807) is 12.1 Å². The first-order valence-corrected chi connectivity index (χ1v) is 6.17. The van der Waals surface area contributed by atoms with Crippen LogP contribution in [-0.2, 0) is 9.47 Å². The smallest absolute Gasteiger partial charge is 0.340 e. The molecule has 3 rings (SSSR count). The van der Waals surface area contributed by atoms with Gasteiger partial charge in [0.25, 0.3) is 0 Å². The van der Waals surface area contributed by atoms with Gasteiger partial charge in [-0.2, -0.15) is 0 Å². The van der Waals surface area contributed by atoms with Gasteiger partial charge in [0, 0.05) is 6.42 Å². The second-order valence-corrected chi connectivity index (χ2v) is 4.92. The monoisotopic (exact) mass is 232 g/mol. The van der Waals surface area contributed by atoms with Crippen LogP contribution in [0.4, 0.5) is 0 Å². The summed E-state index contributed by atoms with van der Waals surface area (Å²) in [6.45, 7) is 2.00. The fourth-order valence-electron chi connectivity index (χ4n) is 2.45. The molecule has 90 valence electrons. The molecule has 1 aromatic carbocycles. The minimum Gasteiger partial charge on any atom is -0.427 e. The summed E-state index contributed by atoms with van der Waals surface area (Å²) < 4.78 is 11.1. The van der Waals surface area contributed by atoms with Crippen molar-refractivity contribution in [1.29, 1.82) is 0 Å². The van der Waals surface area contributed by atoms with Crippen molar-refractivity contribution in [2.75, 3.05) is 0 Å². The van der Waals surface area contributed by atoms with Crippen molar-refractivity contribution in [2.24, 2.45) is 0 Å². The molecule has 0 radical (unpaired) electrons. The van der Waals surface area contributed by atoms with E-state index in [0.717, 1.165) is 24.8 Å². The molecule has 1 aliphatic carbocycles. The van der Waals surface area contributed by atoms with E-state index in [9.17, 15) is 4.79 Å². The lowest BCUT2D eigenvalue weighted by atomic mass is 9.98. The van der Waals surface area contributed by atoms with E-state index in [2.05, 4.69) is 0 Å². The Balaban J connectivity index is 1.70. The Morgan fingerprint density at radius 1 is 1.35 bits per heavy atom. The Hall–Kier alpha value is -1.35. The lowest BCUT2D eigenvalue weighted by Crippen LogP contribution is -2.26. The number of fused-ring (bicyclic) bond motifs is 1. The summed E-state index contributed by atoms with van der Waals surface area (Å²) in [5.74, 6) is -0.852. The second kappa shape index (κ2) is 3.84.